The minimum atomic E-state index is -0.135. The standard InChI is InChI=1S/C21H31NO3/c1-21-8-7-16-15-4-3-14(23)10-17(15)13(11-22-12-25-2)9-18(16)19(21)5-6-20(21)24/h3-4,10,13,16,18-20,22-24H,5-9,11-12H2,1-2H3/t13-,16-,18-,19+,20+,21+/m1/s1. The number of benzene rings is 1. The van der Waals surface area contributed by atoms with E-state index in [0.29, 0.717) is 36.2 Å². The first-order valence-corrected chi connectivity index (χ1v) is 9.75. The van der Waals surface area contributed by atoms with Crippen molar-refractivity contribution in [1.29, 1.82) is 0 Å². The molecule has 0 saturated heterocycles. The second-order valence-corrected chi connectivity index (χ2v) is 8.65. The van der Waals surface area contributed by atoms with Crippen LogP contribution in [0.5, 0.6) is 5.75 Å². The zero-order valence-electron chi connectivity index (χ0n) is 15.4. The molecule has 0 aliphatic heterocycles. The molecule has 0 aromatic heterocycles. The van der Waals surface area contributed by atoms with E-state index in [9.17, 15) is 10.2 Å². The monoisotopic (exact) mass is 345 g/mol. The van der Waals surface area contributed by atoms with Crippen LogP contribution in [-0.4, -0.2) is 36.7 Å². The summed E-state index contributed by atoms with van der Waals surface area (Å²) in [5, 5.41) is 24.0. The van der Waals surface area contributed by atoms with Gasteiger partial charge < -0.3 is 14.9 Å². The number of aliphatic hydroxyl groups excluding tert-OH is 1. The molecule has 1 aromatic carbocycles. The quantitative estimate of drug-likeness (QED) is 0.578. The molecule has 0 heterocycles. The Morgan fingerprint density at radius 2 is 2.08 bits per heavy atom. The molecule has 3 aliphatic rings. The largest absolute Gasteiger partial charge is 0.508 e. The molecule has 2 fully saturated rings. The minimum absolute atomic E-state index is 0.0973. The fourth-order valence-corrected chi connectivity index (χ4v) is 6.21. The summed E-state index contributed by atoms with van der Waals surface area (Å²) in [5.74, 6) is 2.61. The summed E-state index contributed by atoms with van der Waals surface area (Å²) in [4.78, 5) is 0. The Hall–Kier alpha value is -1.10. The predicted octanol–water partition coefficient (Wildman–Crippen LogP) is 3.34. The minimum Gasteiger partial charge on any atom is -0.508 e. The lowest BCUT2D eigenvalue weighted by atomic mass is 9.54. The van der Waals surface area contributed by atoms with Crippen LogP contribution in [0.15, 0.2) is 18.2 Å². The van der Waals surface area contributed by atoms with Gasteiger partial charge in [0.2, 0.25) is 0 Å². The fourth-order valence-electron chi connectivity index (χ4n) is 6.21. The highest BCUT2D eigenvalue weighted by molar-refractivity contribution is 5.42. The summed E-state index contributed by atoms with van der Waals surface area (Å²) >= 11 is 0. The van der Waals surface area contributed by atoms with Gasteiger partial charge >= 0.3 is 0 Å². The van der Waals surface area contributed by atoms with E-state index in [4.69, 9.17) is 4.74 Å². The van der Waals surface area contributed by atoms with Gasteiger partial charge in [-0.1, -0.05) is 13.0 Å². The lowest BCUT2D eigenvalue weighted by molar-refractivity contribution is -0.0251. The molecule has 4 nitrogen and oxygen atoms in total. The summed E-state index contributed by atoms with van der Waals surface area (Å²) in [7, 11) is 1.70. The van der Waals surface area contributed by atoms with E-state index in [2.05, 4.69) is 18.3 Å². The van der Waals surface area contributed by atoms with Crippen molar-refractivity contribution in [2.75, 3.05) is 20.4 Å². The molecule has 1 aromatic rings. The van der Waals surface area contributed by atoms with E-state index in [1.54, 1.807) is 7.11 Å². The summed E-state index contributed by atoms with van der Waals surface area (Å²) in [6, 6.07) is 5.97. The SMILES string of the molecule is COCNC[C@H]1C[C@@H]2[C@H](CC[C@]3(C)[C@@H](O)CC[C@@H]23)c2ccc(O)cc21. The lowest BCUT2D eigenvalue weighted by Gasteiger charge is -2.51. The van der Waals surface area contributed by atoms with Gasteiger partial charge in [-0.15, -0.1) is 0 Å². The van der Waals surface area contributed by atoms with E-state index in [0.717, 1.165) is 38.6 Å². The van der Waals surface area contributed by atoms with Gasteiger partial charge in [0.1, 0.15) is 5.75 Å². The molecule has 138 valence electrons. The summed E-state index contributed by atoms with van der Waals surface area (Å²) in [6.07, 6.45) is 5.40. The zero-order valence-corrected chi connectivity index (χ0v) is 15.4. The summed E-state index contributed by atoms with van der Waals surface area (Å²) in [5.41, 5.74) is 2.84. The Morgan fingerprint density at radius 3 is 2.88 bits per heavy atom. The number of nitrogens with one attached hydrogen (secondary N) is 1. The van der Waals surface area contributed by atoms with Crippen LogP contribution < -0.4 is 5.32 Å². The average Bonchev–Trinajstić information content (AvgIpc) is 2.90. The number of fused-ring (bicyclic) bond motifs is 5. The van der Waals surface area contributed by atoms with E-state index in [1.165, 1.54) is 11.1 Å². The number of aliphatic hydroxyl groups is 1. The maximum absolute atomic E-state index is 10.6. The van der Waals surface area contributed by atoms with Crippen molar-refractivity contribution in [3.63, 3.8) is 0 Å². The van der Waals surface area contributed by atoms with Crippen molar-refractivity contribution in [1.82, 2.24) is 5.32 Å². The lowest BCUT2D eigenvalue weighted by Crippen LogP contribution is -2.45. The van der Waals surface area contributed by atoms with Crippen LogP contribution in [0.3, 0.4) is 0 Å². The number of aromatic hydroxyl groups is 1. The van der Waals surface area contributed by atoms with Gasteiger partial charge in [0.15, 0.2) is 0 Å². The van der Waals surface area contributed by atoms with Gasteiger partial charge in [-0.25, -0.2) is 0 Å². The van der Waals surface area contributed by atoms with Crippen LogP contribution in [0.2, 0.25) is 0 Å². The Morgan fingerprint density at radius 1 is 1.24 bits per heavy atom. The number of ether oxygens (including phenoxy) is 1. The molecular formula is C21H31NO3. The number of phenols is 1. The third kappa shape index (κ3) is 2.79. The van der Waals surface area contributed by atoms with Crippen LogP contribution in [0, 0.1) is 17.3 Å². The maximum atomic E-state index is 10.6. The first kappa shape index (κ1) is 17.3. The van der Waals surface area contributed by atoms with Crippen molar-refractivity contribution in [3.05, 3.63) is 29.3 Å². The topological polar surface area (TPSA) is 61.7 Å². The molecule has 0 radical (unpaired) electrons. The molecule has 2 saturated carbocycles. The molecule has 0 amide bonds. The smallest absolute Gasteiger partial charge is 0.115 e. The van der Waals surface area contributed by atoms with Gasteiger partial charge in [-0.2, -0.15) is 0 Å². The number of phenolic OH excluding ortho intramolecular Hbond substituents is 1. The molecule has 0 bridgehead atoms. The zero-order chi connectivity index (χ0) is 17.6. The van der Waals surface area contributed by atoms with E-state index >= 15 is 0 Å². The maximum Gasteiger partial charge on any atom is 0.115 e. The van der Waals surface area contributed by atoms with Gasteiger partial charge in [-0.3, -0.25) is 5.32 Å². The molecule has 25 heavy (non-hydrogen) atoms. The first-order chi connectivity index (χ1) is 12.0. The van der Waals surface area contributed by atoms with E-state index < -0.39 is 0 Å². The number of hydrogen-bond acceptors (Lipinski definition) is 4. The second-order valence-electron chi connectivity index (χ2n) is 8.65. The van der Waals surface area contributed by atoms with Crippen LogP contribution >= 0.6 is 0 Å². The van der Waals surface area contributed by atoms with Crippen LogP contribution in [0.1, 0.15) is 62.0 Å². The summed E-state index contributed by atoms with van der Waals surface area (Å²) < 4.78 is 5.16. The Bertz CT molecular complexity index is 634. The highest BCUT2D eigenvalue weighted by atomic mass is 16.5. The van der Waals surface area contributed by atoms with Crippen LogP contribution in [-0.2, 0) is 4.74 Å². The molecular weight excluding hydrogens is 314 g/mol. The number of methoxy groups -OCH3 is 1. The molecule has 3 aliphatic carbocycles. The molecule has 3 N–H and O–H groups in total. The molecule has 6 atom stereocenters. The number of hydrogen-bond donors (Lipinski definition) is 3. The third-order valence-corrected chi connectivity index (χ3v) is 7.49. The Balaban J connectivity index is 1.67. The normalized spacial score (nSPS) is 39.6. The highest BCUT2D eigenvalue weighted by Gasteiger charge is 2.55. The Labute approximate surface area is 150 Å². The highest BCUT2D eigenvalue weighted by Crippen LogP contribution is 2.62. The van der Waals surface area contributed by atoms with E-state index in [-0.39, 0.29) is 11.5 Å². The van der Waals surface area contributed by atoms with Crippen LogP contribution in [0.25, 0.3) is 0 Å². The van der Waals surface area contributed by atoms with Crippen molar-refractivity contribution in [2.24, 2.45) is 17.3 Å². The molecule has 4 heteroatoms. The van der Waals surface area contributed by atoms with Crippen LogP contribution in [0.4, 0.5) is 0 Å². The van der Waals surface area contributed by atoms with Gasteiger partial charge in [-0.05, 0) is 84.5 Å². The van der Waals surface area contributed by atoms with Crippen molar-refractivity contribution in [2.45, 2.75) is 57.0 Å². The predicted molar refractivity (Wildman–Crippen MR) is 97.6 cm³/mol. The van der Waals surface area contributed by atoms with Crippen molar-refractivity contribution in [3.8, 4) is 5.75 Å². The van der Waals surface area contributed by atoms with Crippen molar-refractivity contribution < 1.29 is 14.9 Å². The second kappa shape index (κ2) is 6.57. The van der Waals surface area contributed by atoms with Crippen molar-refractivity contribution >= 4 is 0 Å². The molecule has 4 rings (SSSR count). The van der Waals surface area contributed by atoms with Gasteiger partial charge in [0.05, 0.1) is 12.8 Å². The van der Waals surface area contributed by atoms with Gasteiger partial charge in [0, 0.05) is 13.7 Å². The Kier molecular flexibility index (Phi) is 4.55. The molecule has 0 unspecified atom stereocenters. The molecule has 0 spiro atoms. The average molecular weight is 345 g/mol. The first-order valence-electron chi connectivity index (χ1n) is 9.75. The fraction of sp³-hybridized carbons (Fsp3) is 0.714. The number of rotatable bonds is 4. The summed E-state index contributed by atoms with van der Waals surface area (Å²) in [6.45, 7) is 3.74. The van der Waals surface area contributed by atoms with E-state index in [1.807, 2.05) is 12.1 Å². The third-order valence-electron chi connectivity index (χ3n) is 7.49. The van der Waals surface area contributed by atoms with Gasteiger partial charge in [0.25, 0.3) is 0 Å².